The Morgan fingerprint density at radius 3 is 2.64 bits per heavy atom. The maximum atomic E-state index is 10.0. The van der Waals surface area contributed by atoms with Crippen LogP contribution in [0.4, 0.5) is 0 Å². The van der Waals surface area contributed by atoms with Gasteiger partial charge in [0.15, 0.2) is 0 Å². The van der Waals surface area contributed by atoms with E-state index < -0.39 is 0 Å². The molecule has 0 saturated heterocycles. The van der Waals surface area contributed by atoms with Crippen LogP contribution in [0.5, 0.6) is 0 Å². The first kappa shape index (κ1) is 10.2. The molecule has 2 rings (SSSR count). The van der Waals surface area contributed by atoms with Gasteiger partial charge in [-0.1, -0.05) is 41.1 Å². The van der Waals surface area contributed by atoms with Crippen molar-refractivity contribution in [3.8, 4) is 0 Å². The van der Waals surface area contributed by atoms with Crippen LogP contribution >= 0.6 is 15.9 Å². The highest BCUT2D eigenvalue weighted by Gasteiger charge is 2.43. The number of halogens is 1. The van der Waals surface area contributed by atoms with E-state index in [2.05, 4.69) is 28.9 Å². The third-order valence-corrected chi connectivity index (χ3v) is 3.99. The fraction of sp³-hybridized carbons (Fsp3) is 0.500. The van der Waals surface area contributed by atoms with E-state index in [4.69, 9.17) is 0 Å². The molecule has 1 aromatic carbocycles. The standard InChI is InChI=1S/C12H15BrO/c1-12(6-7-12)11(14)8-9-4-2-3-5-10(9)13/h2-5,11,14H,6-8H2,1H3. The predicted octanol–water partition coefficient (Wildman–Crippen LogP) is 3.15. The van der Waals surface area contributed by atoms with Gasteiger partial charge in [-0.3, -0.25) is 0 Å². The lowest BCUT2D eigenvalue weighted by atomic mass is 9.95. The number of aliphatic hydroxyl groups is 1. The predicted molar refractivity (Wildman–Crippen MR) is 61.2 cm³/mol. The van der Waals surface area contributed by atoms with Gasteiger partial charge in [0.05, 0.1) is 6.10 Å². The molecule has 1 aliphatic carbocycles. The zero-order valence-electron chi connectivity index (χ0n) is 8.33. The van der Waals surface area contributed by atoms with Crippen molar-refractivity contribution in [1.29, 1.82) is 0 Å². The summed E-state index contributed by atoms with van der Waals surface area (Å²) in [4.78, 5) is 0. The Balaban J connectivity index is 2.07. The number of aliphatic hydroxyl groups excluding tert-OH is 1. The fourth-order valence-corrected chi connectivity index (χ4v) is 2.10. The van der Waals surface area contributed by atoms with E-state index in [9.17, 15) is 5.11 Å². The van der Waals surface area contributed by atoms with Crippen LogP contribution in [0.25, 0.3) is 0 Å². The number of hydrogen-bond donors (Lipinski definition) is 1. The smallest absolute Gasteiger partial charge is 0.0634 e. The zero-order chi connectivity index (χ0) is 10.2. The molecule has 1 N–H and O–H groups in total. The molecule has 0 heterocycles. The summed E-state index contributed by atoms with van der Waals surface area (Å²) in [6, 6.07) is 8.11. The van der Waals surface area contributed by atoms with Gasteiger partial charge in [-0.15, -0.1) is 0 Å². The van der Waals surface area contributed by atoms with E-state index in [1.807, 2.05) is 18.2 Å². The second-order valence-electron chi connectivity index (χ2n) is 4.47. The minimum Gasteiger partial charge on any atom is -0.392 e. The quantitative estimate of drug-likeness (QED) is 0.879. The minimum atomic E-state index is -0.193. The Morgan fingerprint density at radius 1 is 1.43 bits per heavy atom. The Hall–Kier alpha value is -0.340. The van der Waals surface area contributed by atoms with Gasteiger partial charge < -0.3 is 5.11 Å². The van der Waals surface area contributed by atoms with Crippen molar-refractivity contribution in [2.75, 3.05) is 0 Å². The highest BCUT2D eigenvalue weighted by atomic mass is 79.9. The largest absolute Gasteiger partial charge is 0.392 e. The molecule has 76 valence electrons. The van der Waals surface area contributed by atoms with E-state index in [1.165, 1.54) is 18.4 Å². The van der Waals surface area contributed by atoms with Crippen LogP contribution in [-0.4, -0.2) is 11.2 Å². The van der Waals surface area contributed by atoms with Gasteiger partial charge in [-0.2, -0.15) is 0 Å². The first-order chi connectivity index (χ1) is 6.62. The molecule has 0 spiro atoms. The van der Waals surface area contributed by atoms with Crippen molar-refractivity contribution in [3.63, 3.8) is 0 Å². The summed E-state index contributed by atoms with van der Waals surface area (Å²) in [6.07, 6.45) is 2.90. The third-order valence-electron chi connectivity index (χ3n) is 3.21. The molecule has 0 aromatic heterocycles. The Bertz CT molecular complexity index is 331. The molecular formula is C12H15BrO. The van der Waals surface area contributed by atoms with Gasteiger partial charge in [-0.05, 0) is 36.3 Å². The average Bonchev–Trinajstić information content (AvgIpc) is 2.89. The fourth-order valence-electron chi connectivity index (χ4n) is 1.65. The number of rotatable bonds is 3. The molecule has 1 aromatic rings. The van der Waals surface area contributed by atoms with Crippen molar-refractivity contribution < 1.29 is 5.11 Å². The zero-order valence-corrected chi connectivity index (χ0v) is 9.92. The number of hydrogen-bond acceptors (Lipinski definition) is 1. The lowest BCUT2D eigenvalue weighted by Crippen LogP contribution is -2.21. The van der Waals surface area contributed by atoms with E-state index in [1.54, 1.807) is 0 Å². The maximum Gasteiger partial charge on any atom is 0.0634 e. The van der Waals surface area contributed by atoms with Crippen molar-refractivity contribution in [3.05, 3.63) is 34.3 Å². The third kappa shape index (κ3) is 2.01. The van der Waals surface area contributed by atoms with Crippen LogP contribution in [0.15, 0.2) is 28.7 Å². The minimum absolute atomic E-state index is 0.190. The number of benzene rings is 1. The molecular weight excluding hydrogens is 240 g/mol. The average molecular weight is 255 g/mol. The highest BCUT2D eigenvalue weighted by Crippen LogP contribution is 2.49. The molecule has 1 fully saturated rings. The summed E-state index contributed by atoms with van der Waals surface area (Å²) >= 11 is 3.50. The molecule has 1 aliphatic rings. The van der Waals surface area contributed by atoms with Crippen molar-refractivity contribution >= 4 is 15.9 Å². The topological polar surface area (TPSA) is 20.2 Å². The molecule has 2 heteroatoms. The summed E-state index contributed by atoms with van der Waals surface area (Å²) in [5.41, 5.74) is 1.39. The van der Waals surface area contributed by atoms with Gasteiger partial charge in [0.2, 0.25) is 0 Å². The summed E-state index contributed by atoms with van der Waals surface area (Å²) in [5.74, 6) is 0. The van der Waals surface area contributed by atoms with Crippen LogP contribution in [0.3, 0.4) is 0 Å². The summed E-state index contributed by atoms with van der Waals surface area (Å²) in [6.45, 7) is 2.16. The Kier molecular flexibility index (Phi) is 2.67. The van der Waals surface area contributed by atoms with Crippen LogP contribution < -0.4 is 0 Å². The van der Waals surface area contributed by atoms with E-state index in [0.717, 1.165) is 10.9 Å². The second-order valence-corrected chi connectivity index (χ2v) is 5.32. The molecule has 0 amide bonds. The van der Waals surface area contributed by atoms with Gasteiger partial charge in [0.25, 0.3) is 0 Å². The van der Waals surface area contributed by atoms with Gasteiger partial charge in [-0.25, -0.2) is 0 Å². The lowest BCUT2D eigenvalue weighted by Gasteiger charge is -2.17. The van der Waals surface area contributed by atoms with E-state index in [-0.39, 0.29) is 11.5 Å². The van der Waals surface area contributed by atoms with Crippen molar-refractivity contribution in [2.45, 2.75) is 32.3 Å². The van der Waals surface area contributed by atoms with Crippen LogP contribution in [0.1, 0.15) is 25.3 Å². The molecule has 0 radical (unpaired) electrons. The monoisotopic (exact) mass is 254 g/mol. The second kappa shape index (κ2) is 3.67. The normalized spacial score (nSPS) is 20.5. The molecule has 1 saturated carbocycles. The van der Waals surface area contributed by atoms with E-state index in [0.29, 0.717) is 0 Å². The lowest BCUT2D eigenvalue weighted by molar-refractivity contribution is 0.103. The Morgan fingerprint density at radius 2 is 2.07 bits per heavy atom. The summed E-state index contributed by atoms with van der Waals surface area (Å²) in [7, 11) is 0. The summed E-state index contributed by atoms with van der Waals surface area (Å²) < 4.78 is 1.10. The summed E-state index contributed by atoms with van der Waals surface area (Å²) in [5, 5.41) is 10.0. The van der Waals surface area contributed by atoms with Crippen LogP contribution in [-0.2, 0) is 6.42 Å². The van der Waals surface area contributed by atoms with E-state index >= 15 is 0 Å². The SMILES string of the molecule is CC1(C(O)Cc2ccccc2Br)CC1. The molecule has 1 atom stereocenters. The molecule has 1 unspecified atom stereocenters. The van der Waals surface area contributed by atoms with Gasteiger partial charge in [0, 0.05) is 4.47 Å². The van der Waals surface area contributed by atoms with Gasteiger partial charge in [0.1, 0.15) is 0 Å². The molecule has 0 bridgehead atoms. The van der Waals surface area contributed by atoms with Crippen LogP contribution in [0, 0.1) is 5.41 Å². The molecule has 0 aliphatic heterocycles. The van der Waals surface area contributed by atoms with Crippen molar-refractivity contribution in [2.24, 2.45) is 5.41 Å². The highest BCUT2D eigenvalue weighted by molar-refractivity contribution is 9.10. The molecule has 14 heavy (non-hydrogen) atoms. The maximum absolute atomic E-state index is 10.0. The first-order valence-corrected chi connectivity index (χ1v) is 5.83. The van der Waals surface area contributed by atoms with Gasteiger partial charge >= 0.3 is 0 Å². The molecule has 1 nitrogen and oxygen atoms in total. The van der Waals surface area contributed by atoms with Crippen LogP contribution in [0.2, 0.25) is 0 Å². The Labute approximate surface area is 93.3 Å². The van der Waals surface area contributed by atoms with Crippen molar-refractivity contribution in [1.82, 2.24) is 0 Å². The first-order valence-electron chi connectivity index (χ1n) is 5.03.